The SMILES string of the molecule is CCCC(CCNc1cc(OC)nc(C)n1)CCC(=O)O. The quantitative estimate of drug-likeness (QED) is 0.690. The standard InChI is InChI=1S/C15H25N3O3/c1-4-5-12(6-7-15(19)20)8-9-16-13-10-14(21-3)18-11(2)17-13/h10,12H,4-9H2,1-3H3,(H,19,20)(H,16,17,18). The van der Waals surface area contributed by atoms with Gasteiger partial charge in [0, 0.05) is 19.0 Å². The summed E-state index contributed by atoms with van der Waals surface area (Å²) < 4.78 is 5.11. The molecule has 0 aliphatic rings. The molecule has 0 fully saturated rings. The van der Waals surface area contributed by atoms with Gasteiger partial charge in [-0.3, -0.25) is 4.79 Å². The van der Waals surface area contributed by atoms with Crippen molar-refractivity contribution < 1.29 is 14.6 Å². The van der Waals surface area contributed by atoms with E-state index in [1.165, 1.54) is 0 Å². The highest BCUT2D eigenvalue weighted by atomic mass is 16.5. The average Bonchev–Trinajstić information content (AvgIpc) is 2.44. The fourth-order valence-corrected chi connectivity index (χ4v) is 2.31. The van der Waals surface area contributed by atoms with Crippen molar-refractivity contribution in [3.05, 3.63) is 11.9 Å². The van der Waals surface area contributed by atoms with Crippen molar-refractivity contribution in [2.45, 2.75) is 46.0 Å². The highest BCUT2D eigenvalue weighted by Gasteiger charge is 2.10. The molecule has 0 aliphatic carbocycles. The number of carboxylic acids is 1. The van der Waals surface area contributed by atoms with Crippen molar-refractivity contribution in [1.82, 2.24) is 9.97 Å². The van der Waals surface area contributed by atoms with Crippen LogP contribution in [0.1, 0.15) is 44.9 Å². The van der Waals surface area contributed by atoms with E-state index in [0.717, 1.165) is 38.0 Å². The van der Waals surface area contributed by atoms with E-state index >= 15 is 0 Å². The van der Waals surface area contributed by atoms with Crippen LogP contribution in [0.3, 0.4) is 0 Å². The molecular formula is C15H25N3O3. The molecule has 1 aromatic rings. The number of anilines is 1. The molecule has 1 heterocycles. The first-order valence-electron chi connectivity index (χ1n) is 7.40. The number of ether oxygens (including phenoxy) is 1. The van der Waals surface area contributed by atoms with E-state index in [9.17, 15) is 4.79 Å². The van der Waals surface area contributed by atoms with Gasteiger partial charge in [0.25, 0.3) is 0 Å². The van der Waals surface area contributed by atoms with Gasteiger partial charge in [0.1, 0.15) is 11.6 Å². The van der Waals surface area contributed by atoms with Gasteiger partial charge in [0.15, 0.2) is 0 Å². The molecule has 1 atom stereocenters. The van der Waals surface area contributed by atoms with Gasteiger partial charge in [-0.25, -0.2) is 4.98 Å². The smallest absolute Gasteiger partial charge is 0.303 e. The Morgan fingerprint density at radius 1 is 1.38 bits per heavy atom. The van der Waals surface area contributed by atoms with Crippen molar-refractivity contribution in [1.29, 1.82) is 0 Å². The number of hydrogen-bond acceptors (Lipinski definition) is 5. The van der Waals surface area contributed by atoms with Crippen LogP contribution < -0.4 is 10.1 Å². The first-order chi connectivity index (χ1) is 10.0. The van der Waals surface area contributed by atoms with E-state index in [4.69, 9.17) is 9.84 Å². The topological polar surface area (TPSA) is 84.3 Å². The predicted octanol–water partition coefficient (Wildman–Crippen LogP) is 2.88. The highest BCUT2D eigenvalue weighted by Crippen LogP contribution is 2.18. The maximum absolute atomic E-state index is 10.7. The Hall–Kier alpha value is -1.85. The molecule has 2 N–H and O–H groups in total. The summed E-state index contributed by atoms with van der Waals surface area (Å²) in [4.78, 5) is 19.1. The molecule has 0 aliphatic heterocycles. The van der Waals surface area contributed by atoms with Crippen LogP contribution in [0.25, 0.3) is 0 Å². The van der Waals surface area contributed by atoms with Crippen LogP contribution in [0, 0.1) is 12.8 Å². The molecule has 0 radical (unpaired) electrons. The van der Waals surface area contributed by atoms with E-state index in [1.54, 1.807) is 13.2 Å². The summed E-state index contributed by atoms with van der Waals surface area (Å²) in [6, 6.07) is 1.76. The van der Waals surface area contributed by atoms with Gasteiger partial charge in [0.2, 0.25) is 5.88 Å². The second-order valence-corrected chi connectivity index (χ2v) is 5.15. The van der Waals surface area contributed by atoms with Crippen LogP contribution in [0.4, 0.5) is 5.82 Å². The number of hydrogen-bond donors (Lipinski definition) is 2. The minimum atomic E-state index is -0.722. The summed E-state index contributed by atoms with van der Waals surface area (Å²) in [7, 11) is 1.58. The maximum Gasteiger partial charge on any atom is 0.303 e. The molecular weight excluding hydrogens is 270 g/mol. The van der Waals surface area contributed by atoms with Gasteiger partial charge in [-0.05, 0) is 25.7 Å². The maximum atomic E-state index is 10.7. The molecule has 1 rings (SSSR count). The molecule has 0 spiro atoms. The Bertz CT molecular complexity index is 452. The number of carbonyl (C=O) groups is 1. The molecule has 6 nitrogen and oxygen atoms in total. The lowest BCUT2D eigenvalue weighted by atomic mass is 9.94. The Kier molecular flexibility index (Phi) is 7.50. The van der Waals surface area contributed by atoms with Crippen LogP contribution >= 0.6 is 0 Å². The summed E-state index contributed by atoms with van der Waals surface area (Å²) in [6.45, 7) is 4.71. The Balaban J connectivity index is 2.45. The Labute approximate surface area is 126 Å². The van der Waals surface area contributed by atoms with E-state index in [2.05, 4.69) is 22.2 Å². The van der Waals surface area contributed by atoms with Crippen molar-refractivity contribution in [2.24, 2.45) is 5.92 Å². The predicted molar refractivity (Wildman–Crippen MR) is 81.7 cm³/mol. The van der Waals surface area contributed by atoms with Crippen molar-refractivity contribution in [3.8, 4) is 5.88 Å². The molecule has 1 aromatic heterocycles. The van der Waals surface area contributed by atoms with E-state index in [0.29, 0.717) is 17.6 Å². The minimum absolute atomic E-state index is 0.241. The summed E-state index contributed by atoms with van der Waals surface area (Å²) in [5, 5.41) is 12.0. The largest absolute Gasteiger partial charge is 0.481 e. The number of rotatable bonds is 10. The molecule has 0 bridgehead atoms. The molecule has 0 saturated carbocycles. The number of nitrogens with one attached hydrogen (secondary N) is 1. The third-order valence-electron chi connectivity index (χ3n) is 3.35. The highest BCUT2D eigenvalue weighted by molar-refractivity contribution is 5.66. The number of aryl methyl sites for hydroxylation is 1. The minimum Gasteiger partial charge on any atom is -0.481 e. The summed E-state index contributed by atoms with van der Waals surface area (Å²) >= 11 is 0. The Morgan fingerprint density at radius 2 is 2.14 bits per heavy atom. The van der Waals surface area contributed by atoms with Gasteiger partial charge < -0.3 is 15.2 Å². The van der Waals surface area contributed by atoms with Gasteiger partial charge in [0.05, 0.1) is 7.11 Å². The molecule has 0 amide bonds. The van der Waals surface area contributed by atoms with Gasteiger partial charge >= 0.3 is 5.97 Å². The lowest BCUT2D eigenvalue weighted by molar-refractivity contribution is -0.137. The third-order valence-corrected chi connectivity index (χ3v) is 3.35. The van der Waals surface area contributed by atoms with Crippen molar-refractivity contribution in [3.63, 3.8) is 0 Å². The molecule has 0 aromatic carbocycles. The molecule has 1 unspecified atom stereocenters. The van der Waals surface area contributed by atoms with Crippen molar-refractivity contribution in [2.75, 3.05) is 19.0 Å². The number of methoxy groups -OCH3 is 1. The zero-order valence-corrected chi connectivity index (χ0v) is 13.1. The Morgan fingerprint density at radius 3 is 2.76 bits per heavy atom. The van der Waals surface area contributed by atoms with Crippen LogP contribution in [-0.2, 0) is 4.79 Å². The monoisotopic (exact) mass is 295 g/mol. The molecule has 0 saturated heterocycles. The van der Waals surface area contributed by atoms with Crippen LogP contribution in [0.15, 0.2) is 6.07 Å². The normalized spacial score (nSPS) is 12.0. The van der Waals surface area contributed by atoms with E-state index in [1.807, 2.05) is 6.92 Å². The van der Waals surface area contributed by atoms with Crippen LogP contribution in [0.5, 0.6) is 5.88 Å². The molecule has 6 heteroatoms. The first-order valence-corrected chi connectivity index (χ1v) is 7.40. The molecule has 118 valence electrons. The second-order valence-electron chi connectivity index (χ2n) is 5.15. The lowest BCUT2D eigenvalue weighted by Gasteiger charge is -2.16. The number of aromatic nitrogens is 2. The molecule has 21 heavy (non-hydrogen) atoms. The fourth-order valence-electron chi connectivity index (χ4n) is 2.31. The average molecular weight is 295 g/mol. The van der Waals surface area contributed by atoms with Crippen molar-refractivity contribution >= 4 is 11.8 Å². The zero-order chi connectivity index (χ0) is 15.7. The number of nitrogens with zero attached hydrogens (tertiary/aromatic N) is 2. The number of carboxylic acid groups (broad SMARTS) is 1. The van der Waals surface area contributed by atoms with Crippen LogP contribution in [-0.4, -0.2) is 34.7 Å². The van der Waals surface area contributed by atoms with Gasteiger partial charge in [-0.1, -0.05) is 19.8 Å². The van der Waals surface area contributed by atoms with Gasteiger partial charge in [-0.2, -0.15) is 4.98 Å². The van der Waals surface area contributed by atoms with Gasteiger partial charge in [-0.15, -0.1) is 0 Å². The summed E-state index contributed by atoms with van der Waals surface area (Å²) in [6.07, 6.45) is 4.04. The second kappa shape index (κ2) is 9.15. The van der Waals surface area contributed by atoms with Crippen LogP contribution in [0.2, 0.25) is 0 Å². The third kappa shape index (κ3) is 6.92. The zero-order valence-electron chi connectivity index (χ0n) is 13.1. The van der Waals surface area contributed by atoms with E-state index in [-0.39, 0.29) is 6.42 Å². The number of aliphatic carboxylic acids is 1. The first kappa shape index (κ1) is 17.2. The summed E-state index contributed by atoms with van der Waals surface area (Å²) in [5.41, 5.74) is 0. The van der Waals surface area contributed by atoms with E-state index < -0.39 is 5.97 Å². The summed E-state index contributed by atoms with van der Waals surface area (Å²) in [5.74, 6) is 1.66. The fraction of sp³-hybridized carbons (Fsp3) is 0.667. The lowest BCUT2D eigenvalue weighted by Crippen LogP contribution is -2.12.